The van der Waals surface area contributed by atoms with Crippen LogP contribution in [0.4, 0.5) is 0 Å². The number of ether oxygens (including phenoxy) is 1. The van der Waals surface area contributed by atoms with Gasteiger partial charge in [0.1, 0.15) is 6.10 Å². The van der Waals surface area contributed by atoms with Crippen LogP contribution in [0.15, 0.2) is 0 Å². The molecule has 0 aromatic carbocycles. The van der Waals surface area contributed by atoms with Crippen LogP contribution in [0.25, 0.3) is 0 Å². The Kier molecular flexibility index (Phi) is 30.6. The zero-order chi connectivity index (χ0) is 31.9. The van der Waals surface area contributed by atoms with Crippen LogP contribution >= 0.6 is 0 Å². The molecule has 0 fully saturated rings. The predicted octanol–water partition coefficient (Wildman–Crippen LogP) is 9.19. The third-order valence-corrected chi connectivity index (χ3v) is 8.91. The molecule has 256 valence electrons. The number of unbranched alkanes of at least 4 members (excludes halogenated alkanes) is 24. The minimum absolute atomic E-state index is 0.130. The van der Waals surface area contributed by atoms with Crippen molar-refractivity contribution in [3.63, 3.8) is 0 Å². The number of aliphatic hydroxyl groups is 3. The molecule has 1 unspecified atom stereocenters. The molecule has 43 heavy (non-hydrogen) atoms. The fourth-order valence-electron chi connectivity index (χ4n) is 6.10. The van der Waals surface area contributed by atoms with Crippen molar-refractivity contribution in [2.45, 2.75) is 205 Å². The van der Waals surface area contributed by atoms with E-state index in [1.165, 1.54) is 116 Å². The summed E-state index contributed by atoms with van der Waals surface area (Å²) in [6.07, 6.45) is 29.7. The van der Waals surface area contributed by atoms with Crippen molar-refractivity contribution in [2.75, 3.05) is 19.8 Å². The van der Waals surface area contributed by atoms with Crippen LogP contribution in [0.1, 0.15) is 194 Å². The number of Topliss-reactive ketones (excluding diaryl/α,β-unsaturated/α-hetero) is 2. The monoisotopic (exact) mass is 613 g/mol. The Bertz CT molecular complexity index is 580. The van der Waals surface area contributed by atoms with Crippen LogP contribution in [-0.4, -0.2) is 58.4 Å². The first-order valence-electron chi connectivity index (χ1n) is 18.6. The molecule has 0 aromatic heterocycles. The van der Waals surface area contributed by atoms with Crippen molar-refractivity contribution in [1.29, 1.82) is 0 Å². The maximum absolute atomic E-state index is 13.3. The van der Waals surface area contributed by atoms with E-state index in [1.54, 1.807) is 0 Å². The summed E-state index contributed by atoms with van der Waals surface area (Å²) in [5, 5.41) is 29.7. The fraction of sp³-hybridized carbons (Fsp3) is 0.946. The van der Waals surface area contributed by atoms with E-state index < -0.39 is 29.9 Å². The van der Waals surface area contributed by atoms with Crippen molar-refractivity contribution >= 4 is 11.6 Å². The van der Waals surface area contributed by atoms with E-state index in [0.29, 0.717) is 12.8 Å². The van der Waals surface area contributed by atoms with E-state index in [-0.39, 0.29) is 26.1 Å². The Labute approximate surface area is 266 Å². The lowest BCUT2D eigenvalue weighted by atomic mass is 9.82. The zero-order valence-corrected chi connectivity index (χ0v) is 28.6. The topological polar surface area (TPSA) is 104 Å². The summed E-state index contributed by atoms with van der Waals surface area (Å²) >= 11 is 0. The van der Waals surface area contributed by atoms with Gasteiger partial charge in [0.05, 0.1) is 19.8 Å². The van der Waals surface area contributed by atoms with Gasteiger partial charge in [0.15, 0.2) is 11.6 Å². The van der Waals surface area contributed by atoms with Crippen molar-refractivity contribution < 1.29 is 29.6 Å². The normalized spacial score (nSPS) is 12.6. The molecule has 6 heteroatoms. The molecule has 3 N–H and O–H groups in total. The Morgan fingerprint density at radius 3 is 1.05 bits per heavy atom. The third kappa shape index (κ3) is 21.5. The van der Waals surface area contributed by atoms with Gasteiger partial charge in [0.25, 0.3) is 0 Å². The second-order valence-corrected chi connectivity index (χ2v) is 12.8. The molecule has 0 aromatic rings. The SMILES string of the molecule is CCCCCCCCCCCCCCCC(=O)C(OCCO)(C(=O)CCCCCCCCCCCCCCC)C(O)CO. The van der Waals surface area contributed by atoms with Crippen LogP contribution in [0.2, 0.25) is 0 Å². The zero-order valence-electron chi connectivity index (χ0n) is 28.6. The van der Waals surface area contributed by atoms with E-state index in [0.717, 1.165) is 38.5 Å². The van der Waals surface area contributed by atoms with Crippen molar-refractivity contribution in [2.24, 2.45) is 0 Å². The molecule has 0 saturated heterocycles. The van der Waals surface area contributed by atoms with Gasteiger partial charge in [-0.1, -0.05) is 168 Å². The highest BCUT2D eigenvalue weighted by Gasteiger charge is 2.51. The summed E-state index contributed by atoms with van der Waals surface area (Å²) in [7, 11) is 0. The van der Waals surface area contributed by atoms with Gasteiger partial charge in [-0.05, 0) is 12.8 Å². The summed E-state index contributed by atoms with van der Waals surface area (Å²) in [5.74, 6) is -0.935. The standard InChI is InChI=1S/C37H72O6/c1-3-5-7-9-11-13-15-17-19-21-23-25-27-29-34(40)37(36(42)33-39,43-32-31-38)35(41)30-28-26-24-22-20-18-16-14-12-10-8-6-4-2/h36,38-39,42H,3-33H2,1-2H3. The van der Waals surface area contributed by atoms with Gasteiger partial charge < -0.3 is 20.1 Å². The van der Waals surface area contributed by atoms with Gasteiger partial charge in [-0.2, -0.15) is 0 Å². The number of hydrogen-bond donors (Lipinski definition) is 3. The van der Waals surface area contributed by atoms with Gasteiger partial charge in [-0.25, -0.2) is 0 Å². The molecule has 0 saturated carbocycles. The molecular formula is C37H72O6. The summed E-state index contributed by atoms with van der Waals surface area (Å²) in [4.78, 5) is 26.7. The Hall–Kier alpha value is -0.820. The van der Waals surface area contributed by atoms with Gasteiger partial charge in [0.2, 0.25) is 5.60 Å². The summed E-state index contributed by atoms with van der Waals surface area (Å²) in [6, 6.07) is 0. The first-order valence-corrected chi connectivity index (χ1v) is 18.6. The fourth-order valence-corrected chi connectivity index (χ4v) is 6.10. The average Bonchev–Trinajstić information content (AvgIpc) is 3.01. The van der Waals surface area contributed by atoms with Crippen LogP contribution in [-0.2, 0) is 14.3 Å². The summed E-state index contributed by atoms with van der Waals surface area (Å²) in [6.45, 7) is 3.16. The van der Waals surface area contributed by atoms with E-state index in [2.05, 4.69) is 13.8 Å². The molecule has 0 aliphatic carbocycles. The van der Waals surface area contributed by atoms with Gasteiger partial charge in [0, 0.05) is 12.8 Å². The molecule has 0 aliphatic heterocycles. The Balaban J connectivity index is 4.38. The number of hydrogen-bond acceptors (Lipinski definition) is 6. The minimum atomic E-state index is -2.08. The maximum Gasteiger partial charge on any atom is 0.212 e. The summed E-state index contributed by atoms with van der Waals surface area (Å²) < 4.78 is 5.62. The molecule has 0 aliphatic rings. The molecule has 0 spiro atoms. The second-order valence-electron chi connectivity index (χ2n) is 12.8. The highest BCUT2D eigenvalue weighted by molar-refractivity contribution is 6.11. The van der Waals surface area contributed by atoms with Crippen LogP contribution in [0.3, 0.4) is 0 Å². The largest absolute Gasteiger partial charge is 0.394 e. The lowest BCUT2D eigenvalue weighted by Gasteiger charge is -2.34. The third-order valence-electron chi connectivity index (χ3n) is 8.91. The number of carbonyl (C=O) groups is 2. The molecule has 0 amide bonds. The Morgan fingerprint density at radius 2 is 0.791 bits per heavy atom. The molecule has 0 heterocycles. The maximum atomic E-state index is 13.3. The molecule has 0 radical (unpaired) electrons. The number of carbonyl (C=O) groups excluding carboxylic acids is 2. The highest BCUT2D eigenvalue weighted by Crippen LogP contribution is 2.26. The lowest BCUT2D eigenvalue weighted by molar-refractivity contribution is -0.179. The van der Waals surface area contributed by atoms with Gasteiger partial charge >= 0.3 is 0 Å². The van der Waals surface area contributed by atoms with Crippen molar-refractivity contribution in [1.82, 2.24) is 0 Å². The van der Waals surface area contributed by atoms with Crippen LogP contribution in [0.5, 0.6) is 0 Å². The molecule has 6 nitrogen and oxygen atoms in total. The molecule has 0 bridgehead atoms. The van der Waals surface area contributed by atoms with E-state index in [9.17, 15) is 24.9 Å². The second kappa shape index (κ2) is 31.2. The molecular weight excluding hydrogens is 540 g/mol. The highest BCUT2D eigenvalue weighted by atomic mass is 16.5. The molecule has 0 rings (SSSR count). The molecule has 1 atom stereocenters. The smallest absolute Gasteiger partial charge is 0.212 e. The van der Waals surface area contributed by atoms with Crippen LogP contribution in [0, 0.1) is 0 Å². The quantitative estimate of drug-likeness (QED) is 0.0487. The minimum Gasteiger partial charge on any atom is -0.394 e. The number of ketones is 2. The predicted molar refractivity (Wildman–Crippen MR) is 179 cm³/mol. The van der Waals surface area contributed by atoms with Gasteiger partial charge in [-0.15, -0.1) is 0 Å². The number of rotatable bonds is 35. The number of aliphatic hydroxyl groups excluding tert-OH is 3. The lowest BCUT2D eigenvalue weighted by Crippen LogP contribution is -2.59. The first kappa shape index (κ1) is 42.2. The Morgan fingerprint density at radius 1 is 0.512 bits per heavy atom. The van der Waals surface area contributed by atoms with Crippen LogP contribution < -0.4 is 0 Å². The van der Waals surface area contributed by atoms with E-state index >= 15 is 0 Å². The average molecular weight is 613 g/mol. The van der Waals surface area contributed by atoms with Crippen molar-refractivity contribution in [3.05, 3.63) is 0 Å². The van der Waals surface area contributed by atoms with Gasteiger partial charge in [-0.3, -0.25) is 9.59 Å². The van der Waals surface area contributed by atoms with Crippen molar-refractivity contribution in [3.8, 4) is 0 Å². The summed E-state index contributed by atoms with van der Waals surface area (Å²) in [5.41, 5.74) is -2.08. The first-order chi connectivity index (χ1) is 21.0. The van der Waals surface area contributed by atoms with E-state index in [1.807, 2.05) is 0 Å². The van der Waals surface area contributed by atoms with E-state index in [4.69, 9.17) is 4.74 Å².